The van der Waals surface area contributed by atoms with Gasteiger partial charge in [-0.1, -0.05) is 96.8 Å². The Morgan fingerprint density at radius 3 is 2.41 bits per heavy atom. The molecule has 4 atom stereocenters. The molecule has 12 heteroatoms. The Balaban J connectivity index is 1.27. The number of carbonyl (C=O) groups excluding carboxylic acids is 2. The number of benzene rings is 3. The maximum atomic E-state index is 12.1. The average molecular weight is 663 g/mol. The topological polar surface area (TPSA) is 132 Å². The van der Waals surface area contributed by atoms with Gasteiger partial charge in [-0.15, -0.1) is 10.2 Å². The minimum Gasteiger partial charge on any atom is -0.465 e. The van der Waals surface area contributed by atoms with Gasteiger partial charge in [0.05, 0.1) is 25.4 Å². The second-order valence-electron chi connectivity index (χ2n) is 10.9. The summed E-state index contributed by atoms with van der Waals surface area (Å²) >= 11 is 3.22. The highest BCUT2D eigenvalue weighted by atomic mass is 32.2. The molecule has 46 heavy (non-hydrogen) atoms. The van der Waals surface area contributed by atoms with Gasteiger partial charge in [-0.2, -0.15) is 0 Å². The Bertz CT molecular complexity index is 1600. The lowest BCUT2D eigenvalue weighted by atomic mass is 9.91. The third-order valence-corrected chi connectivity index (χ3v) is 9.66. The molecular formula is C34H38N4O6S2. The highest BCUT2D eigenvalue weighted by Crippen LogP contribution is 2.43. The molecule has 1 fully saturated rings. The Hall–Kier alpha value is -3.81. The van der Waals surface area contributed by atoms with E-state index in [0.29, 0.717) is 12.3 Å². The summed E-state index contributed by atoms with van der Waals surface area (Å²) in [5, 5.41) is 24.1. The van der Waals surface area contributed by atoms with Crippen LogP contribution < -0.4 is 10.6 Å². The molecule has 0 aliphatic carbocycles. The van der Waals surface area contributed by atoms with Crippen LogP contribution in [0.15, 0.2) is 77.1 Å². The van der Waals surface area contributed by atoms with E-state index in [2.05, 4.69) is 27.8 Å². The first-order valence-electron chi connectivity index (χ1n) is 15.1. The van der Waals surface area contributed by atoms with Crippen molar-refractivity contribution in [1.82, 2.24) is 20.8 Å². The van der Waals surface area contributed by atoms with Crippen LogP contribution in [-0.2, 0) is 32.2 Å². The maximum Gasteiger partial charge on any atom is 0.325 e. The second kappa shape index (κ2) is 16.1. The van der Waals surface area contributed by atoms with E-state index in [1.54, 1.807) is 30.0 Å². The van der Waals surface area contributed by atoms with E-state index in [4.69, 9.17) is 14.2 Å². The molecule has 10 nitrogen and oxygen atoms in total. The predicted molar refractivity (Wildman–Crippen MR) is 177 cm³/mol. The fraction of sp³-hybridized carbons (Fsp3) is 0.353. The summed E-state index contributed by atoms with van der Waals surface area (Å²) in [6.45, 7) is 6.19. The van der Waals surface area contributed by atoms with Crippen LogP contribution in [0.3, 0.4) is 0 Å². The summed E-state index contributed by atoms with van der Waals surface area (Å²) in [7, 11) is 0. The van der Waals surface area contributed by atoms with Crippen molar-refractivity contribution in [3.63, 3.8) is 0 Å². The number of urea groups is 1. The van der Waals surface area contributed by atoms with Crippen LogP contribution in [0.25, 0.3) is 11.1 Å². The Kier molecular flexibility index (Phi) is 11.8. The molecule has 1 aromatic heterocycles. The number of ether oxygens (including phenoxy) is 3. The van der Waals surface area contributed by atoms with Gasteiger partial charge in [0.25, 0.3) is 0 Å². The molecule has 0 radical (unpaired) electrons. The maximum absolute atomic E-state index is 12.1. The molecule has 4 aromatic rings. The number of carbonyl (C=O) groups is 2. The minimum absolute atomic E-state index is 0.00809. The SMILES string of the molecule is CCOC(=O)CNC(=O)NCc1cccc(-c2ccc([C@H]3O[C@@H](CSc4nnc(C)s4)[C@@H](C)[C@@H](c4ccc(CO)cc4)O3)cc2)c1. The van der Waals surface area contributed by atoms with E-state index >= 15 is 0 Å². The van der Waals surface area contributed by atoms with Crippen LogP contribution in [-0.4, -0.2) is 52.3 Å². The number of amides is 2. The third kappa shape index (κ3) is 8.92. The van der Waals surface area contributed by atoms with Crippen LogP contribution in [0.4, 0.5) is 4.79 Å². The fourth-order valence-electron chi connectivity index (χ4n) is 5.10. The van der Waals surface area contributed by atoms with Gasteiger partial charge in [0.1, 0.15) is 11.6 Å². The molecule has 1 saturated heterocycles. The molecule has 0 unspecified atom stereocenters. The van der Waals surface area contributed by atoms with Crippen molar-refractivity contribution in [2.45, 2.75) is 56.8 Å². The van der Waals surface area contributed by atoms with Gasteiger partial charge in [0, 0.05) is 23.8 Å². The lowest BCUT2D eigenvalue weighted by molar-refractivity contribution is -0.268. The molecule has 0 saturated carbocycles. The van der Waals surface area contributed by atoms with Crippen LogP contribution in [0.1, 0.15) is 53.5 Å². The first kappa shape index (κ1) is 33.6. The van der Waals surface area contributed by atoms with E-state index < -0.39 is 18.3 Å². The van der Waals surface area contributed by atoms with Crippen molar-refractivity contribution in [2.24, 2.45) is 5.92 Å². The molecule has 0 bridgehead atoms. The van der Waals surface area contributed by atoms with Crippen molar-refractivity contribution in [3.05, 3.63) is 100 Å². The van der Waals surface area contributed by atoms with E-state index in [-0.39, 0.29) is 37.9 Å². The minimum atomic E-state index is -0.571. The van der Waals surface area contributed by atoms with Gasteiger partial charge in [-0.05, 0) is 47.7 Å². The first-order valence-corrected chi connectivity index (χ1v) is 16.9. The number of aliphatic hydroxyl groups excluding tert-OH is 1. The number of rotatable bonds is 12. The predicted octanol–water partition coefficient (Wildman–Crippen LogP) is 5.95. The summed E-state index contributed by atoms with van der Waals surface area (Å²) in [6, 6.07) is 23.5. The Labute approximate surface area is 276 Å². The summed E-state index contributed by atoms with van der Waals surface area (Å²) in [5.41, 5.74) is 5.73. The van der Waals surface area contributed by atoms with Crippen LogP contribution in [0.2, 0.25) is 0 Å². The fourth-order valence-corrected chi connectivity index (χ4v) is 7.11. The molecular weight excluding hydrogens is 625 g/mol. The first-order chi connectivity index (χ1) is 22.3. The lowest BCUT2D eigenvalue weighted by Gasteiger charge is -2.41. The quantitative estimate of drug-likeness (QED) is 0.124. The van der Waals surface area contributed by atoms with Crippen LogP contribution in [0.5, 0.6) is 0 Å². The van der Waals surface area contributed by atoms with E-state index in [1.165, 1.54) is 0 Å². The summed E-state index contributed by atoms with van der Waals surface area (Å²) < 4.78 is 18.9. The summed E-state index contributed by atoms with van der Waals surface area (Å²) in [5.74, 6) is 0.299. The molecule has 0 spiro atoms. The number of thioether (sulfide) groups is 1. The number of aromatic nitrogens is 2. The number of aryl methyl sites for hydroxylation is 1. The molecule has 2 amide bonds. The van der Waals surface area contributed by atoms with E-state index in [0.717, 1.165) is 42.7 Å². The van der Waals surface area contributed by atoms with Crippen molar-refractivity contribution in [2.75, 3.05) is 18.9 Å². The van der Waals surface area contributed by atoms with Gasteiger partial charge in [0.2, 0.25) is 0 Å². The van der Waals surface area contributed by atoms with Crippen molar-refractivity contribution in [3.8, 4) is 11.1 Å². The Morgan fingerprint density at radius 2 is 1.72 bits per heavy atom. The zero-order valence-electron chi connectivity index (χ0n) is 26.0. The van der Waals surface area contributed by atoms with Crippen LogP contribution >= 0.6 is 23.1 Å². The van der Waals surface area contributed by atoms with Gasteiger partial charge < -0.3 is 30.0 Å². The number of hydrogen-bond acceptors (Lipinski definition) is 10. The number of nitrogens with one attached hydrogen (secondary N) is 2. The summed E-state index contributed by atoms with van der Waals surface area (Å²) in [4.78, 5) is 23.6. The molecule has 5 rings (SSSR count). The van der Waals surface area contributed by atoms with Gasteiger partial charge in [-0.3, -0.25) is 4.79 Å². The van der Waals surface area contributed by atoms with Gasteiger partial charge >= 0.3 is 12.0 Å². The third-order valence-electron chi connectivity index (χ3n) is 7.60. The number of nitrogens with zero attached hydrogens (tertiary/aromatic N) is 2. The molecule has 3 aromatic carbocycles. The molecule has 3 N–H and O–H groups in total. The van der Waals surface area contributed by atoms with Crippen molar-refractivity contribution < 1.29 is 28.9 Å². The second-order valence-corrected chi connectivity index (χ2v) is 13.3. The number of esters is 1. The van der Waals surface area contributed by atoms with Crippen LogP contribution in [0, 0.1) is 12.8 Å². The lowest BCUT2D eigenvalue weighted by Crippen LogP contribution is -2.38. The zero-order valence-corrected chi connectivity index (χ0v) is 27.6. The normalized spacial score (nSPS) is 19.4. The molecule has 242 valence electrons. The van der Waals surface area contributed by atoms with E-state index in [9.17, 15) is 14.7 Å². The van der Waals surface area contributed by atoms with Gasteiger partial charge in [0.15, 0.2) is 10.6 Å². The smallest absolute Gasteiger partial charge is 0.325 e. The molecule has 1 aliphatic rings. The highest BCUT2D eigenvalue weighted by molar-refractivity contribution is 8.01. The van der Waals surface area contributed by atoms with Gasteiger partial charge in [-0.25, -0.2) is 4.79 Å². The zero-order chi connectivity index (χ0) is 32.5. The largest absolute Gasteiger partial charge is 0.465 e. The van der Waals surface area contributed by atoms with Crippen molar-refractivity contribution in [1.29, 1.82) is 0 Å². The molecule has 2 heterocycles. The van der Waals surface area contributed by atoms with E-state index in [1.807, 2.05) is 79.7 Å². The highest BCUT2D eigenvalue weighted by Gasteiger charge is 2.38. The Morgan fingerprint density at radius 1 is 0.957 bits per heavy atom. The average Bonchev–Trinajstić information content (AvgIpc) is 3.51. The monoisotopic (exact) mass is 662 g/mol. The number of hydrogen-bond donors (Lipinski definition) is 3. The molecule has 1 aliphatic heterocycles. The number of aliphatic hydroxyl groups is 1. The summed E-state index contributed by atoms with van der Waals surface area (Å²) in [6.07, 6.45) is -0.876. The standard InChI is InChI=1S/C34H38N4O6S2/c1-4-42-30(40)18-36-33(41)35-17-24-6-5-7-28(16-24)25-12-14-27(15-13-25)32-43-29(20-45-34-38-37-22(3)46-34)21(2)31(44-32)26-10-8-23(19-39)9-11-26/h5-16,21,29,31-32,39H,4,17-20H2,1-3H3,(H2,35,36,41)/t21-,29+,31+,32+/m1/s1. The van der Waals surface area contributed by atoms with Crippen molar-refractivity contribution >= 4 is 35.1 Å².